The molecule has 0 aliphatic rings. The number of anilines is 2. The van der Waals surface area contributed by atoms with Crippen LogP contribution in [0.1, 0.15) is 27.2 Å². The van der Waals surface area contributed by atoms with Gasteiger partial charge in [-0.05, 0) is 73.2 Å². The molecule has 2 aromatic heterocycles. The highest BCUT2D eigenvalue weighted by Crippen LogP contribution is 2.12. The molecule has 0 saturated heterocycles. The largest absolute Gasteiger partial charge is 0.377 e. The third-order valence-electron chi connectivity index (χ3n) is 2.94. The van der Waals surface area contributed by atoms with E-state index >= 15 is 0 Å². The summed E-state index contributed by atoms with van der Waals surface area (Å²) in [5.41, 5.74) is 5.03. The van der Waals surface area contributed by atoms with Crippen molar-refractivity contribution in [2.75, 3.05) is 30.4 Å². The highest BCUT2D eigenvalue weighted by atomic mass is 35.5. The third kappa shape index (κ3) is 11.5. The van der Waals surface area contributed by atoms with Gasteiger partial charge in [0.1, 0.15) is 0 Å². The minimum absolute atomic E-state index is 0.0168. The molecule has 2 unspecified atom stereocenters. The number of hydrogen-bond donors (Lipinski definition) is 3. The Bertz CT molecular complexity index is 654. The summed E-state index contributed by atoms with van der Waals surface area (Å²) in [4.78, 5) is 23.0. The first-order chi connectivity index (χ1) is 13.7. The monoisotopic (exact) mass is 485 g/mol. The van der Waals surface area contributed by atoms with Crippen LogP contribution < -0.4 is 16.4 Å². The predicted octanol–water partition coefficient (Wildman–Crippen LogP) is 3.34. The lowest BCUT2D eigenvalue weighted by atomic mass is 10.3. The Morgan fingerprint density at radius 3 is 1.34 bits per heavy atom. The van der Waals surface area contributed by atoms with Crippen LogP contribution in [0.4, 0.5) is 11.9 Å². The quantitative estimate of drug-likeness (QED) is 0.483. The summed E-state index contributed by atoms with van der Waals surface area (Å²) in [6, 6.07) is -0.161. The van der Waals surface area contributed by atoms with Crippen LogP contribution in [0.5, 0.6) is 0 Å². The normalized spacial score (nSPS) is 12.6. The van der Waals surface area contributed by atoms with E-state index in [1.54, 1.807) is 0 Å². The maximum atomic E-state index is 5.72. The Balaban J connectivity index is 0.000000960. The summed E-state index contributed by atoms with van der Waals surface area (Å²) in [5, 5.41) is 6.10. The van der Waals surface area contributed by atoms with E-state index in [2.05, 4.69) is 47.5 Å². The van der Waals surface area contributed by atoms with Gasteiger partial charge in [-0.25, -0.2) is 0 Å². The van der Waals surface area contributed by atoms with Crippen molar-refractivity contribution in [1.82, 2.24) is 29.9 Å². The van der Waals surface area contributed by atoms with Crippen LogP contribution in [0.15, 0.2) is 0 Å². The molecule has 0 bridgehead atoms. The van der Waals surface area contributed by atoms with Crippen molar-refractivity contribution in [2.45, 2.75) is 39.3 Å². The van der Waals surface area contributed by atoms with Gasteiger partial charge in [0.15, 0.2) is 0 Å². The van der Waals surface area contributed by atoms with Crippen LogP contribution >= 0.6 is 46.4 Å². The number of hydrogen-bond acceptors (Lipinski definition) is 10. The van der Waals surface area contributed by atoms with Crippen LogP contribution in [0.25, 0.3) is 0 Å². The van der Waals surface area contributed by atoms with Gasteiger partial charge >= 0.3 is 0 Å². The molecule has 14 heteroatoms. The van der Waals surface area contributed by atoms with E-state index in [4.69, 9.17) is 56.9 Å². The number of rotatable bonds is 9. The molecular formula is C15H23Cl4N9O. The highest BCUT2D eigenvalue weighted by molar-refractivity contribution is 6.31. The zero-order valence-corrected chi connectivity index (χ0v) is 19.2. The molecular weight excluding hydrogens is 464 g/mol. The number of ether oxygens (including phenoxy) is 1. The van der Waals surface area contributed by atoms with Gasteiger partial charge in [0.2, 0.25) is 33.0 Å². The molecule has 10 nitrogen and oxygen atoms in total. The van der Waals surface area contributed by atoms with Gasteiger partial charge in [0.05, 0.1) is 13.2 Å². The zero-order valence-electron chi connectivity index (χ0n) is 16.2. The van der Waals surface area contributed by atoms with Crippen molar-refractivity contribution >= 4 is 58.3 Å². The Kier molecular flexibility index (Phi) is 12.3. The first-order valence-corrected chi connectivity index (χ1v) is 10.2. The van der Waals surface area contributed by atoms with Gasteiger partial charge in [-0.3, -0.25) is 0 Å². The van der Waals surface area contributed by atoms with E-state index in [1.165, 1.54) is 0 Å². The lowest BCUT2D eigenvalue weighted by Crippen LogP contribution is -2.28. The summed E-state index contributed by atoms with van der Waals surface area (Å²) in [6.45, 7) is 7.46. The minimum atomic E-state index is -0.0807. The molecule has 0 aliphatic carbocycles. The van der Waals surface area contributed by atoms with Crippen LogP contribution in [-0.2, 0) is 4.74 Å². The van der Waals surface area contributed by atoms with Crippen molar-refractivity contribution < 1.29 is 4.74 Å². The molecule has 2 atom stereocenters. The minimum Gasteiger partial charge on any atom is -0.377 e. The summed E-state index contributed by atoms with van der Waals surface area (Å²) in [7, 11) is 0. The third-order valence-corrected chi connectivity index (χ3v) is 3.61. The Labute approximate surface area is 189 Å². The molecule has 0 radical (unpaired) electrons. The molecule has 29 heavy (non-hydrogen) atoms. The summed E-state index contributed by atoms with van der Waals surface area (Å²) < 4.78 is 5.62. The maximum absolute atomic E-state index is 5.72. The number of nitrogens with two attached hydrogens (primary N) is 1. The molecule has 0 aromatic carbocycles. The first-order valence-electron chi connectivity index (χ1n) is 8.68. The topological polar surface area (TPSA) is 137 Å². The molecule has 0 spiro atoms. The summed E-state index contributed by atoms with van der Waals surface area (Å²) in [5.74, 6) is 0.559. The molecule has 0 saturated carbocycles. The van der Waals surface area contributed by atoms with E-state index in [0.717, 1.165) is 13.0 Å². The van der Waals surface area contributed by atoms with Crippen molar-refractivity contribution in [3.63, 3.8) is 0 Å². The van der Waals surface area contributed by atoms with Crippen LogP contribution in [0.2, 0.25) is 21.1 Å². The fourth-order valence-corrected chi connectivity index (χ4v) is 2.45. The van der Waals surface area contributed by atoms with E-state index in [1.807, 2.05) is 13.8 Å². The number of nitrogens with zero attached hydrogens (tertiary/aromatic N) is 6. The molecule has 0 aliphatic heterocycles. The maximum Gasteiger partial charge on any atom is 0.228 e. The molecule has 2 heterocycles. The van der Waals surface area contributed by atoms with Gasteiger partial charge in [0, 0.05) is 12.1 Å². The van der Waals surface area contributed by atoms with Crippen LogP contribution in [-0.4, -0.2) is 61.7 Å². The zero-order chi connectivity index (χ0) is 21.8. The van der Waals surface area contributed by atoms with Gasteiger partial charge in [0.25, 0.3) is 0 Å². The standard InChI is InChI=1S/C12H14Cl4N8O.C3H9N/c1-5(17-11-21-7(13)19-8(14)22-11)3-25-4-6(2)18-12-23-9(15)20-10(16)24-12;1-2-3-4/h5-6H,3-4H2,1-2H3,(H,17,19,21,22)(H,18,20,23,24);2-4H2,1H3. The number of aromatic nitrogens is 6. The molecule has 162 valence electrons. The Morgan fingerprint density at radius 2 is 1.07 bits per heavy atom. The van der Waals surface area contributed by atoms with Crippen LogP contribution in [0.3, 0.4) is 0 Å². The summed E-state index contributed by atoms with van der Waals surface area (Å²) >= 11 is 22.9. The number of halogens is 4. The lowest BCUT2D eigenvalue weighted by Gasteiger charge is -2.17. The van der Waals surface area contributed by atoms with Crippen molar-refractivity contribution in [1.29, 1.82) is 0 Å². The SMILES string of the molecule is CC(COCC(C)Nc1nc(Cl)nc(Cl)n1)Nc1nc(Cl)nc(Cl)n1.CCCN. The molecule has 0 amide bonds. The smallest absolute Gasteiger partial charge is 0.228 e. The Hall–Kier alpha value is -1.30. The van der Waals surface area contributed by atoms with E-state index in [0.29, 0.717) is 13.2 Å². The van der Waals surface area contributed by atoms with Gasteiger partial charge in [-0.2, -0.15) is 29.9 Å². The average molecular weight is 487 g/mol. The highest BCUT2D eigenvalue weighted by Gasteiger charge is 2.10. The second-order valence-electron chi connectivity index (χ2n) is 5.81. The molecule has 2 rings (SSSR count). The van der Waals surface area contributed by atoms with E-state index in [-0.39, 0.29) is 45.1 Å². The molecule has 4 N–H and O–H groups in total. The number of nitrogens with one attached hydrogen (secondary N) is 2. The first kappa shape index (κ1) is 25.7. The van der Waals surface area contributed by atoms with Gasteiger partial charge in [-0.1, -0.05) is 6.92 Å². The molecule has 2 aromatic rings. The van der Waals surface area contributed by atoms with Gasteiger partial charge < -0.3 is 21.1 Å². The van der Waals surface area contributed by atoms with Gasteiger partial charge in [-0.15, -0.1) is 0 Å². The van der Waals surface area contributed by atoms with Crippen molar-refractivity contribution in [2.24, 2.45) is 5.73 Å². The van der Waals surface area contributed by atoms with Crippen molar-refractivity contribution in [3.05, 3.63) is 21.1 Å². The average Bonchev–Trinajstić information content (AvgIpc) is 2.60. The Morgan fingerprint density at radius 1 is 0.759 bits per heavy atom. The van der Waals surface area contributed by atoms with Crippen molar-refractivity contribution in [3.8, 4) is 0 Å². The lowest BCUT2D eigenvalue weighted by molar-refractivity contribution is 0.122. The van der Waals surface area contributed by atoms with E-state index in [9.17, 15) is 0 Å². The fraction of sp³-hybridized carbons (Fsp3) is 0.600. The second kappa shape index (κ2) is 13.8. The summed E-state index contributed by atoms with van der Waals surface area (Å²) in [6.07, 6.45) is 1.10. The molecule has 0 fully saturated rings. The fourth-order valence-electron chi connectivity index (χ4n) is 1.73. The predicted molar refractivity (Wildman–Crippen MR) is 116 cm³/mol. The van der Waals surface area contributed by atoms with Crippen LogP contribution in [0, 0.1) is 0 Å². The second-order valence-corrected chi connectivity index (χ2v) is 7.16. The van der Waals surface area contributed by atoms with E-state index < -0.39 is 0 Å².